The van der Waals surface area contributed by atoms with Crippen LogP contribution in [0.1, 0.15) is 23.2 Å². The number of nitrogens with zero attached hydrogens (tertiary/aromatic N) is 4. The standard InChI is InChI=1S/C20H27ClN4O3/c1-23(2)12-13-24(3)16-8-10-25(11-9-16)19-17(20(26)27)18(28-22-19)14-4-6-15(21)7-5-14/h4-7,16H,8-13H2,1-3H3,(H,26,27). The van der Waals surface area contributed by atoms with E-state index in [0.717, 1.165) is 39.0 Å². The van der Waals surface area contributed by atoms with E-state index in [1.165, 1.54) is 0 Å². The lowest BCUT2D eigenvalue weighted by molar-refractivity contribution is 0.0697. The molecule has 1 saturated heterocycles. The fraction of sp³-hybridized carbons (Fsp3) is 0.500. The maximum absolute atomic E-state index is 11.9. The Hall–Kier alpha value is -2.09. The van der Waals surface area contributed by atoms with Gasteiger partial charge in [0.25, 0.3) is 0 Å². The number of hydrogen-bond acceptors (Lipinski definition) is 6. The van der Waals surface area contributed by atoms with Gasteiger partial charge in [-0.25, -0.2) is 4.79 Å². The van der Waals surface area contributed by atoms with Gasteiger partial charge in [0.15, 0.2) is 17.1 Å². The molecule has 1 N–H and O–H groups in total. The number of rotatable bonds is 7. The van der Waals surface area contributed by atoms with Crippen molar-refractivity contribution in [2.24, 2.45) is 0 Å². The van der Waals surface area contributed by atoms with Gasteiger partial charge in [-0.1, -0.05) is 16.8 Å². The van der Waals surface area contributed by atoms with E-state index < -0.39 is 5.97 Å². The fourth-order valence-electron chi connectivity index (χ4n) is 3.55. The SMILES string of the molecule is CN(C)CCN(C)C1CCN(c2noc(-c3ccc(Cl)cc3)c2C(=O)O)CC1. The van der Waals surface area contributed by atoms with Crippen molar-refractivity contribution in [2.75, 3.05) is 52.2 Å². The molecule has 0 saturated carbocycles. The topological polar surface area (TPSA) is 73.0 Å². The van der Waals surface area contributed by atoms with Gasteiger partial charge in [0.1, 0.15) is 0 Å². The highest BCUT2D eigenvalue weighted by molar-refractivity contribution is 6.30. The van der Waals surface area contributed by atoms with Gasteiger partial charge in [-0.3, -0.25) is 0 Å². The number of aromatic carboxylic acids is 1. The Balaban J connectivity index is 1.73. The first-order valence-electron chi connectivity index (χ1n) is 9.45. The van der Waals surface area contributed by atoms with Crippen LogP contribution in [-0.4, -0.2) is 79.4 Å². The highest BCUT2D eigenvalue weighted by atomic mass is 35.5. The lowest BCUT2D eigenvalue weighted by atomic mass is 10.0. The molecule has 0 unspecified atom stereocenters. The summed E-state index contributed by atoms with van der Waals surface area (Å²) < 4.78 is 5.44. The van der Waals surface area contributed by atoms with Crippen molar-refractivity contribution in [1.82, 2.24) is 15.0 Å². The average Bonchev–Trinajstić information content (AvgIpc) is 3.12. The number of likely N-dealkylation sites (N-methyl/N-ethyl adjacent to an activating group) is 2. The Labute approximate surface area is 170 Å². The Bertz CT molecular complexity index is 798. The summed E-state index contributed by atoms with van der Waals surface area (Å²) in [5, 5.41) is 14.5. The quantitative estimate of drug-likeness (QED) is 0.757. The van der Waals surface area contributed by atoms with E-state index in [-0.39, 0.29) is 11.3 Å². The summed E-state index contributed by atoms with van der Waals surface area (Å²) in [5.74, 6) is -0.359. The molecular formula is C20H27ClN4O3. The summed E-state index contributed by atoms with van der Waals surface area (Å²) in [5.41, 5.74) is 0.764. The first-order valence-corrected chi connectivity index (χ1v) is 9.83. The number of anilines is 1. The van der Waals surface area contributed by atoms with Crippen LogP contribution in [0.5, 0.6) is 0 Å². The van der Waals surface area contributed by atoms with Crippen LogP contribution < -0.4 is 4.90 Å². The minimum atomic E-state index is -1.04. The summed E-state index contributed by atoms with van der Waals surface area (Å²) in [4.78, 5) is 18.5. The van der Waals surface area contributed by atoms with Gasteiger partial charge in [0, 0.05) is 42.8 Å². The van der Waals surface area contributed by atoms with Crippen LogP contribution in [0.15, 0.2) is 28.8 Å². The Kier molecular flexibility index (Phi) is 6.59. The number of piperidine rings is 1. The molecule has 2 heterocycles. The van der Waals surface area contributed by atoms with Gasteiger partial charge in [0.2, 0.25) is 0 Å². The van der Waals surface area contributed by atoms with Gasteiger partial charge >= 0.3 is 5.97 Å². The van der Waals surface area contributed by atoms with Crippen molar-refractivity contribution < 1.29 is 14.4 Å². The van der Waals surface area contributed by atoms with Crippen LogP contribution >= 0.6 is 11.6 Å². The molecule has 8 heteroatoms. The predicted molar refractivity (Wildman–Crippen MR) is 110 cm³/mol. The van der Waals surface area contributed by atoms with Gasteiger partial charge in [-0.05, 0) is 58.3 Å². The van der Waals surface area contributed by atoms with Gasteiger partial charge in [-0.2, -0.15) is 0 Å². The van der Waals surface area contributed by atoms with E-state index in [1.807, 2.05) is 4.90 Å². The summed E-state index contributed by atoms with van der Waals surface area (Å²) >= 11 is 5.93. The first-order chi connectivity index (χ1) is 13.4. The molecule has 0 aliphatic carbocycles. The molecule has 2 aromatic rings. The maximum atomic E-state index is 11.9. The second-order valence-corrected chi connectivity index (χ2v) is 7.96. The van der Waals surface area contributed by atoms with Crippen LogP contribution in [0, 0.1) is 0 Å². The van der Waals surface area contributed by atoms with Crippen LogP contribution in [-0.2, 0) is 0 Å². The Morgan fingerprint density at radius 1 is 1.21 bits per heavy atom. The van der Waals surface area contributed by atoms with Crippen molar-refractivity contribution in [2.45, 2.75) is 18.9 Å². The molecular weight excluding hydrogens is 380 g/mol. The van der Waals surface area contributed by atoms with E-state index in [2.05, 4.69) is 36.1 Å². The maximum Gasteiger partial charge on any atom is 0.343 e. The zero-order chi connectivity index (χ0) is 20.3. The molecule has 3 rings (SSSR count). The number of halogens is 1. The largest absolute Gasteiger partial charge is 0.477 e. The van der Waals surface area contributed by atoms with Crippen LogP contribution in [0.2, 0.25) is 5.02 Å². The lowest BCUT2D eigenvalue weighted by Gasteiger charge is -2.37. The Morgan fingerprint density at radius 3 is 2.43 bits per heavy atom. The van der Waals surface area contributed by atoms with Crippen molar-refractivity contribution in [3.05, 3.63) is 34.9 Å². The van der Waals surface area contributed by atoms with Crippen molar-refractivity contribution >= 4 is 23.4 Å². The molecule has 1 aliphatic rings. The summed E-state index contributed by atoms with van der Waals surface area (Å²) in [6, 6.07) is 7.39. The minimum absolute atomic E-state index is 0.113. The average molecular weight is 407 g/mol. The lowest BCUT2D eigenvalue weighted by Crippen LogP contribution is -2.45. The van der Waals surface area contributed by atoms with Crippen molar-refractivity contribution in [1.29, 1.82) is 0 Å². The molecule has 152 valence electrons. The normalized spacial score (nSPS) is 15.6. The van der Waals surface area contributed by atoms with Gasteiger partial charge < -0.3 is 24.3 Å². The number of benzene rings is 1. The van der Waals surface area contributed by atoms with E-state index in [0.29, 0.717) is 22.4 Å². The van der Waals surface area contributed by atoms with E-state index in [1.54, 1.807) is 24.3 Å². The van der Waals surface area contributed by atoms with Crippen LogP contribution in [0.3, 0.4) is 0 Å². The third kappa shape index (κ3) is 4.66. The van der Waals surface area contributed by atoms with Crippen LogP contribution in [0.25, 0.3) is 11.3 Å². The smallest absolute Gasteiger partial charge is 0.343 e. The van der Waals surface area contributed by atoms with E-state index in [4.69, 9.17) is 16.1 Å². The summed E-state index contributed by atoms with van der Waals surface area (Å²) in [6.07, 6.45) is 1.93. The summed E-state index contributed by atoms with van der Waals surface area (Å²) in [7, 11) is 6.31. The minimum Gasteiger partial charge on any atom is -0.477 e. The number of carboxylic acids is 1. The number of aromatic nitrogens is 1. The van der Waals surface area contributed by atoms with Gasteiger partial charge in [-0.15, -0.1) is 0 Å². The molecule has 28 heavy (non-hydrogen) atoms. The zero-order valence-electron chi connectivity index (χ0n) is 16.6. The second kappa shape index (κ2) is 8.94. The molecule has 1 fully saturated rings. The molecule has 0 atom stereocenters. The Morgan fingerprint density at radius 2 is 1.86 bits per heavy atom. The van der Waals surface area contributed by atoms with E-state index in [9.17, 15) is 9.90 Å². The van der Waals surface area contributed by atoms with Crippen molar-refractivity contribution in [3.63, 3.8) is 0 Å². The molecule has 0 spiro atoms. The molecule has 1 aromatic heterocycles. The first kappa shape index (κ1) is 20.6. The predicted octanol–water partition coefficient (Wildman–Crippen LogP) is 3.16. The zero-order valence-corrected chi connectivity index (χ0v) is 17.3. The summed E-state index contributed by atoms with van der Waals surface area (Å²) in [6.45, 7) is 3.55. The molecule has 1 aliphatic heterocycles. The third-order valence-corrected chi connectivity index (χ3v) is 5.53. The van der Waals surface area contributed by atoms with Crippen molar-refractivity contribution in [3.8, 4) is 11.3 Å². The fourth-order valence-corrected chi connectivity index (χ4v) is 3.67. The second-order valence-electron chi connectivity index (χ2n) is 7.52. The van der Waals surface area contributed by atoms with Gasteiger partial charge in [0.05, 0.1) is 0 Å². The molecule has 0 amide bonds. The highest BCUT2D eigenvalue weighted by Gasteiger charge is 2.30. The molecule has 0 radical (unpaired) electrons. The van der Waals surface area contributed by atoms with E-state index >= 15 is 0 Å². The number of hydrogen-bond donors (Lipinski definition) is 1. The molecule has 0 bridgehead atoms. The monoisotopic (exact) mass is 406 g/mol. The van der Waals surface area contributed by atoms with Crippen LogP contribution in [0.4, 0.5) is 5.82 Å². The molecule has 1 aromatic carbocycles. The number of carboxylic acid groups (broad SMARTS) is 1. The molecule has 7 nitrogen and oxygen atoms in total. The third-order valence-electron chi connectivity index (χ3n) is 5.28. The number of carbonyl (C=O) groups is 1. The highest BCUT2D eigenvalue weighted by Crippen LogP contribution is 2.33.